The zero-order chi connectivity index (χ0) is 51.6. The number of benzene rings is 2. The van der Waals surface area contributed by atoms with Gasteiger partial charge in [-0.3, -0.25) is 19.2 Å². The lowest BCUT2D eigenvalue weighted by atomic mass is 9.84. The Bertz CT molecular complexity index is 2390. The summed E-state index contributed by atoms with van der Waals surface area (Å²) < 4.78 is 23.1. The van der Waals surface area contributed by atoms with E-state index in [0.29, 0.717) is 77.9 Å². The predicted octanol–water partition coefficient (Wildman–Crippen LogP) is 7.49. The van der Waals surface area contributed by atoms with Crippen molar-refractivity contribution >= 4 is 52.4 Å². The third-order valence-electron chi connectivity index (χ3n) is 13.7. The number of aryl methyl sites for hydroxylation is 1. The molecule has 0 spiro atoms. The molecule has 1 aliphatic carbocycles. The van der Waals surface area contributed by atoms with Crippen LogP contribution in [-0.4, -0.2) is 140 Å². The zero-order valence-corrected chi connectivity index (χ0v) is 44.4. The van der Waals surface area contributed by atoms with E-state index in [1.807, 2.05) is 99.9 Å². The Kier molecular flexibility index (Phi) is 20.8. The molecule has 3 N–H and O–H groups in total. The molecule has 1 unspecified atom stereocenters. The van der Waals surface area contributed by atoms with E-state index in [-0.39, 0.29) is 36.2 Å². The predicted molar refractivity (Wildman–Crippen MR) is 284 cm³/mol. The Hall–Kier alpha value is -5.69. The van der Waals surface area contributed by atoms with E-state index in [4.69, 9.17) is 23.9 Å². The minimum Gasteiger partial charge on any atom is -0.494 e. The summed E-state index contributed by atoms with van der Waals surface area (Å²) in [4.78, 5) is 73.5. The second-order valence-electron chi connectivity index (χ2n) is 20.4. The Balaban J connectivity index is 0.681. The molecule has 7 rings (SSSR count). The van der Waals surface area contributed by atoms with Gasteiger partial charge in [-0.15, -0.1) is 11.3 Å². The standard InChI is InChI=1S/C55H77N9O8S/c1-39-48(73-38-58-39)41-18-16-40(17-19-41)35-56-51(66)46-15-9-27-64(46)53(68)49(55(2,3)4)60-47(65)37-71-33-11-31-69-29-6-7-30-70-32-12-34-72-45-22-20-44(21-23-45)59-54-57-36-43-24-28-63(50(43)61-54)26-10-25-62(5)52(67)42-13-8-14-42/h16-23,36,38,42,46,49H,6-15,24-35,37H2,1-5H3,(H,56,66)(H,60,65)(H,57,59,61)/t46-,49?/m0/s1. The van der Waals surface area contributed by atoms with Crippen LogP contribution >= 0.6 is 11.3 Å². The van der Waals surface area contributed by atoms with Crippen LogP contribution < -0.4 is 25.6 Å². The smallest absolute Gasteiger partial charge is 0.246 e. The number of rotatable bonds is 29. The molecule has 1 saturated heterocycles. The number of nitrogens with one attached hydrogen (secondary N) is 3. The first-order valence-electron chi connectivity index (χ1n) is 26.3. The minimum atomic E-state index is -0.815. The normalized spacial score (nSPS) is 15.9. The summed E-state index contributed by atoms with van der Waals surface area (Å²) in [5, 5.41) is 9.25. The van der Waals surface area contributed by atoms with Crippen molar-refractivity contribution in [3.8, 4) is 16.2 Å². The summed E-state index contributed by atoms with van der Waals surface area (Å²) in [6.07, 6.45) is 11.4. The number of amides is 4. The van der Waals surface area contributed by atoms with Gasteiger partial charge in [0.05, 0.1) is 22.7 Å². The number of hydrogen-bond donors (Lipinski definition) is 3. The molecule has 0 radical (unpaired) electrons. The summed E-state index contributed by atoms with van der Waals surface area (Å²) in [7, 11) is 1.92. The minimum absolute atomic E-state index is 0.172. The van der Waals surface area contributed by atoms with Crippen LogP contribution in [-0.2, 0) is 46.4 Å². The lowest BCUT2D eigenvalue weighted by Gasteiger charge is -2.35. The van der Waals surface area contributed by atoms with E-state index in [0.717, 1.165) is 109 Å². The van der Waals surface area contributed by atoms with Gasteiger partial charge in [0, 0.05) is 103 Å². The molecule has 4 heterocycles. The van der Waals surface area contributed by atoms with Crippen LogP contribution in [0.3, 0.4) is 0 Å². The van der Waals surface area contributed by atoms with Crippen LogP contribution in [0.1, 0.15) is 102 Å². The first-order valence-corrected chi connectivity index (χ1v) is 27.2. The molecule has 2 aliphatic heterocycles. The SMILES string of the molecule is Cc1ncsc1-c1ccc(CNC(=O)[C@@H]2CCCN2C(=O)C(NC(=O)COCCCOCCCCOCCCOc2ccc(Nc3ncc4c(n3)N(CCCN(C)C(=O)C3CCC3)CC4)cc2)C(C)(C)C)cc1. The number of nitrogens with zero attached hydrogens (tertiary/aromatic N) is 6. The Morgan fingerprint density at radius 3 is 2.23 bits per heavy atom. The van der Waals surface area contributed by atoms with E-state index in [1.54, 1.807) is 16.2 Å². The third-order valence-corrected chi connectivity index (χ3v) is 14.7. The van der Waals surface area contributed by atoms with Gasteiger partial charge < -0.3 is 49.6 Å². The van der Waals surface area contributed by atoms with E-state index >= 15 is 0 Å². The van der Waals surface area contributed by atoms with Gasteiger partial charge in [0.1, 0.15) is 30.3 Å². The van der Waals surface area contributed by atoms with Gasteiger partial charge in [0.2, 0.25) is 29.6 Å². The van der Waals surface area contributed by atoms with Gasteiger partial charge in [-0.2, -0.15) is 4.98 Å². The van der Waals surface area contributed by atoms with Crippen molar-refractivity contribution in [1.29, 1.82) is 0 Å². The highest BCUT2D eigenvalue weighted by Gasteiger charge is 2.42. The van der Waals surface area contributed by atoms with Gasteiger partial charge >= 0.3 is 0 Å². The first-order chi connectivity index (χ1) is 35.3. The molecule has 17 nitrogen and oxygen atoms in total. The fraction of sp³-hybridized carbons (Fsp3) is 0.582. The molecule has 1 saturated carbocycles. The third kappa shape index (κ3) is 16.4. The van der Waals surface area contributed by atoms with Crippen molar-refractivity contribution < 1.29 is 38.1 Å². The van der Waals surface area contributed by atoms with Crippen LogP contribution in [0.2, 0.25) is 0 Å². The lowest BCUT2D eigenvalue weighted by molar-refractivity contribution is -0.144. The molecule has 4 amide bonds. The number of anilines is 3. The zero-order valence-electron chi connectivity index (χ0n) is 43.6. The highest BCUT2D eigenvalue weighted by molar-refractivity contribution is 7.13. The number of carbonyl (C=O) groups excluding carboxylic acids is 4. The van der Waals surface area contributed by atoms with Crippen LogP contribution in [0.15, 0.2) is 60.2 Å². The molecular weight excluding hydrogens is 947 g/mol. The summed E-state index contributed by atoms with van der Waals surface area (Å²) in [6.45, 7) is 14.2. The van der Waals surface area contributed by atoms with Crippen LogP contribution in [0, 0.1) is 18.3 Å². The van der Waals surface area contributed by atoms with E-state index in [9.17, 15) is 19.2 Å². The van der Waals surface area contributed by atoms with Crippen molar-refractivity contribution in [1.82, 2.24) is 35.4 Å². The summed E-state index contributed by atoms with van der Waals surface area (Å²) in [5.41, 5.74) is 6.33. The second-order valence-corrected chi connectivity index (χ2v) is 21.3. The molecule has 2 aromatic carbocycles. The molecule has 73 heavy (non-hydrogen) atoms. The molecule has 2 fully saturated rings. The molecule has 396 valence electrons. The maximum Gasteiger partial charge on any atom is 0.246 e. The molecule has 18 heteroatoms. The monoisotopic (exact) mass is 1020 g/mol. The van der Waals surface area contributed by atoms with E-state index in [1.165, 1.54) is 6.42 Å². The topological polar surface area (TPSA) is 190 Å². The second kappa shape index (κ2) is 27.6. The van der Waals surface area contributed by atoms with Gasteiger partial charge in [-0.25, -0.2) is 9.97 Å². The van der Waals surface area contributed by atoms with Crippen LogP contribution in [0.4, 0.5) is 17.5 Å². The lowest BCUT2D eigenvalue weighted by Crippen LogP contribution is -2.58. The fourth-order valence-electron chi connectivity index (χ4n) is 9.20. The maximum absolute atomic E-state index is 13.9. The van der Waals surface area contributed by atoms with E-state index in [2.05, 4.69) is 30.8 Å². The van der Waals surface area contributed by atoms with Crippen molar-refractivity contribution in [2.75, 3.05) is 89.7 Å². The number of hydrogen-bond acceptors (Lipinski definition) is 14. The highest BCUT2D eigenvalue weighted by atomic mass is 32.1. The maximum atomic E-state index is 13.9. The quantitative estimate of drug-likeness (QED) is 0.0454. The van der Waals surface area contributed by atoms with Gasteiger partial charge in [0.15, 0.2) is 0 Å². The average molecular weight is 1020 g/mol. The Labute approximate surface area is 435 Å². The van der Waals surface area contributed by atoms with Gasteiger partial charge in [0.25, 0.3) is 0 Å². The number of unbranched alkanes of at least 4 members (excludes halogenated alkanes) is 1. The summed E-state index contributed by atoms with van der Waals surface area (Å²) in [5.74, 6) is 2.00. The number of aromatic nitrogens is 3. The highest BCUT2D eigenvalue weighted by Crippen LogP contribution is 2.31. The number of fused-ring (bicyclic) bond motifs is 1. The van der Waals surface area contributed by atoms with Gasteiger partial charge in [-0.1, -0.05) is 51.5 Å². The Morgan fingerprint density at radius 1 is 0.836 bits per heavy atom. The largest absolute Gasteiger partial charge is 0.494 e. The number of thiazole rings is 1. The molecule has 2 aromatic heterocycles. The summed E-state index contributed by atoms with van der Waals surface area (Å²) in [6, 6.07) is 14.4. The molecule has 2 atom stereocenters. The van der Waals surface area contributed by atoms with Crippen molar-refractivity contribution in [3.63, 3.8) is 0 Å². The van der Waals surface area contributed by atoms with Gasteiger partial charge in [-0.05, 0) is 106 Å². The summed E-state index contributed by atoms with van der Waals surface area (Å²) >= 11 is 1.60. The average Bonchev–Trinajstić information content (AvgIpc) is 4.14. The first kappa shape index (κ1) is 55.1. The van der Waals surface area contributed by atoms with Crippen molar-refractivity contribution in [2.24, 2.45) is 11.3 Å². The molecule has 3 aliphatic rings. The van der Waals surface area contributed by atoms with Crippen LogP contribution in [0.5, 0.6) is 5.75 Å². The number of likely N-dealkylation sites (tertiary alicyclic amines) is 1. The molecular formula is C55H77N9O8S. The van der Waals surface area contributed by atoms with Crippen molar-refractivity contribution in [2.45, 2.75) is 117 Å². The molecule has 0 bridgehead atoms. The number of ether oxygens (including phenoxy) is 4. The molecule has 4 aromatic rings. The Morgan fingerprint density at radius 2 is 1.55 bits per heavy atom. The van der Waals surface area contributed by atoms with Crippen LogP contribution in [0.25, 0.3) is 10.4 Å². The number of carbonyl (C=O) groups is 4. The van der Waals surface area contributed by atoms with E-state index < -0.39 is 17.5 Å². The fourth-order valence-corrected chi connectivity index (χ4v) is 10.0. The van der Waals surface area contributed by atoms with Crippen molar-refractivity contribution in [3.05, 3.63) is 77.1 Å².